The first kappa shape index (κ1) is 11.8. The topological polar surface area (TPSA) is 46.3 Å². The molecule has 0 fully saturated rings. The molecule has 0 spiro atoms. The summed E-state index contributed by atoms with van der Waals surface area (Å²) in [7, 11) is 0. The number of anilines is 1. The van der Waals surface area contributed by atoms with Crippen LogP contribution >= 0.6 is 0 Å². The van der Waals surface area contributed by atoms with Gasteiger partial charge in [0, 0.05) is 12.2 Å². The molecule has 2 N–H and O–H groups in total. The Balaban J connectivity index is 2.24. The summed E-state index contributed by atoms with van der Waals surface area (Å²) in [5.74, 6) is -0.505. The van der Waals surface area contributed by atoms with Crippen molar-refractivity contribution in [2.24, 2.45) is 5.73 Å². The van der Waals surface area contributed by atoms with Gasteiger partial charge in [-0.3, -0.25) is 4.79 Å². The Hall–Kier alpha value is -1.68. The fourth-order valence-corrected chi connectivity index (χ4v) is 2.06. The second-order valence-corrected chi connectivity index (χ2v) is 4.14. The third-order valence-electron chi connectivity index (χ3n) is 2.95. The third kappa shape index (κ3) is 2.22. The van der Waals surface area contributed by atoms with Crippen molar-refractivity contribution in [3.05, 3.63) is 42.2 Å². The summed E-state index contributed by atoms with van der Waals surface area (Å²) in [6.07, 6.45) is 2.80. The van der Waals surface area contributed by atoms with Gasteiger partial charge in [-0.05, 0) is 30.5 Å². The molecule has 1 aromatic rings. The number of rotatable bonds is 3. The van der Waals surface area contributed by atoms with E-state index in [4.69, 9.17) is 5.73 Å². The smallest absolute Gasteiger partial charge is 0.244 e. The molecule has 1 unspecified atom stereocenters. The van der Waals surface area contributed by atoms with Crippen LogP contribution in [-0.4, -0.2) is 18.5 Å². The Morgan fingerprint density at radius 1 is 1.65 bits per heavy atom. The molecule has 0 bridgehead atoms. The molecule has 4 heteroatoms. The molecule has 0 aromatic heterocycles. The van der Waals surface area contributed by atoms with Crippen molar-refractivity contribution in [1.82, 2.24) is 0 Å². The number of carbonyl (C=O) groups excluding carboxylic acids is 1. The van der Waals surface area contributed by atoms with Crippen molar-refractivity contribution in [3.8, 4) is 0 Å². The first-order valence-electron chi connectivity index (χ1n) is 5.59. The van der Waals surface area contributed by atoms with E-state index in [-0.39, 0.29) is 11.7 Å². The number of fused-ring (bicyclic) bond motifs is 1. The van der Waals surface area contributed by atoms with Crippen LogP contribution in [0.1, 0.15) is 12.0 Å². The quantitative estimate of drug-likeness (QED) is 0.808. The van der Waals surface area contributed by atoms with E-state index >= 15 is 0 Å². The van der Waals surface area contributed by atoms with Gasteiger partial charge in [-0.25, -0.2) is 4.39 Å². The molecule has 1 amide bonds. The lowest BCUT2D eigenvalue weighted by Gasteiger charge is -2.20. The number of halogens is 1. The summed E-state index contributed by atoms with van der Waals surface area (Å²) in [5.41, 5.74) is 7.39. The monoisotopic (exact) mass is 234 g/mol. The number of hydrogen-bond donors (Lipinski definition) is 1. The van der Waals surface area contributed by atoms with Gasteiger partial charge in [-0.1, -0.05) is 12.1 Å². The van der Waals surface area contributed by atoms with E-state index in [1.165, 1.54) is 12.1 Å². The first-order chi connectivity index (χ1) is 8.13. The molecule has 0 radical (unpaired) electrons. The van der Waals surface area contributed by atoms with Crippen LogP contribution in [0.5, 0.6) is 0 Å². The summed E-state index contributed by atoms with van der Waals surface area (Å²) in [6.45, 7) is 4.13. The zero-order valence-electron chi connectivity index (χ0n) is 9.53. The molecule has 3 nitrogen and oxygen atoms in total. The van der Waals surface area contributed by atoms with Crippen molar-refractivity contribution in [2.75, 3.05) is 11.4 Å². The number of nitrogens with zero attached hydrogens (tertiary/aromatic N) is 1. The Bertz CT molecular complexity index is 459. The van der Waals surface area contributed by atoms with Gasteiger partial charge in [0.05, 0.1) is 6.04 Å². The highest BCUT2D eigenvalue weighted by atomic mass is 19.1. The highest BCUT2D eigenvalue weighted by Gasteiger charge is 2.27. The maximum atomic E-state index is 13.2. The number of nitrogens with two attached hydrogens (primary N) is 1. The van der Waals surface area contributed by atoms with Crippen molar-refractivity contribution in [2.45, 2.75) is 18.9 Å². The third-order valence-corrected chi connectivity index (χ3v) is 2.95. The van der Waals surface area contributed by atoms with Gasteiger partial charge < -0.3 is 10.6 Å². The lowest BCUT2D eigenvalue weighted by molar-refractivity contribution is -0.119. The molecule has 0 saturated carbocycles. The van der Waals surface area contributed by atoms with Crippen molar-refractivity contribution in [1.29, 1.82) is 0 Å². The molecule has 2 rings (SSSR count). The SMILES string of the molecule is C=CCC(N)C(=O)N1CCc2ccc(F)cc21. The molecule has 1 heterocycles. The van der Waals surface area contributed by atoms with Crippen molar-refractivity contribution in [3.63, 3.8) is 0 Å². The highest BCUT2D eigenvalue weighted by molar-refractivity contribution is 5.98. The van der Waals surface area contributed by atoms with Crippen molar-refractivity contribution < 1.29 is 9.18 Å². The molecule has 0 saturated heterocycles. The van der Waals surface area contributed by atoms with Gasteiger partial charge in [-0.2, -0.15) is 0 Å². The number of carbonyl (C=O) groups is 1. The highest BCUT2D eigenvalue weighted by Crippen LogP contribution is 2.29. The molecule has 1 aromatic carbocycles. The second-order valence-electron chi connectivity index (χ2n) is 4.14. The Morgan fingerprint density at radius 2 is 2.41 bits per heavy atom. The van der Waals surface area contributed by atoms with E-state index in [0.29, 0.717) is 18.7 Å². The molecule has 1 aliphatic heterocycles. The van der Waals surface area contributed by atoms with Gasteiger partial charge in [0.15, 0.2) is 0 Å². The average Bonchev–Trinajstić information content (AvgIpc) is 2.71. The molecule has 1 atom stereocenters. The minimum absolute atomic E-state index is 0.172. The summed E-state index contributed by atoms with van der Waals surface area (Å²) < 4.78 is 13.2. The Kier molecular flexibility index (Phi) is 3.24. The standard InChI is InChI=1S/C13H15FN2O/c1-2-3-11(15)13(17)16-7-6-9-4-5-10(14)8-12(9)16/h2,4-5,8,11H,1,3,6-7,15H2. The Labute approximate surface area is 99.7 Å². The van der Waals surface area contributed by atoms with Gasteiger partial charge >= 0.3 is 0 Å². The zero-order valence-corrected chi connectivity index (χ0v) is 9.53. The predicted molar refractivity (Wildman–Crippen MR) is 65.2 cm³/mol. The summed E-state index contributed by atoms with van der Waals surface area (Å²) in [5, 5.41) is 0. The maximum Gasteiger partial charge on any atom is 0.244 e. The molecule has 90 valence electrons. The summed E-state index contributed by atoms with van der Waals surface area (Å²) in [4.78, 5) is 13.6. The number of hydrogen-bond acceptors (Lipinski definition) is 2. The largest absolute Gasteiger partial charge is 0.320 e. The lowest BCUT2D eigenvalue weighted by Crippen LogP contribution is -2.42. The number of benzene rings is 1. The van der Waals surface area contributed by atoms with Gasteiger partial charge in [-0.15, -0.1) is 6.58 Å². The summed E-state index contributed by atoms with van der Waals surface area (Å²) in [6, 6.07) is 3.93. The van der Waals surface area contributed by atoms with Crippen LogP contribution in [0.4, 0.5) is 10.1 Å². The molecule has 0 aliphatic carbocycles. The first-order valence-corrected chi connectivity index (χ1v) is 5.59. The minimum atomic E-state index is -0.596. The molecular weight excluding hydrogens is 219 g/mol. The maximum absolute atomic E-state index is 13.2. The van der Waals surface area contributed by atoms with E-state index in [9.17, 15) is 9.18 Å². The van der Waals surface area contributed by atoms with Crippen molar-refractivity contribution >= 4 is 11.6 Å². The van der Waals surface area contributed by atoms with Gasteiger partial charge in [0.25, 0.3) is 0 Å². The zero-order chi connectivity index (χ0) is 12.4. The average molecular weight is 234 g/mol. The Morgan fingerprint density at radius 3 is 3.12 bits per heavy atom. The number of amides is 1. The lowest BCUT2D eigenvalue weighted by atomic mass is 10.1. The van der Waals surface area contributed by atoms with E-state index in [1.807, 2.05) is 0 Å². The van der Waals surface area contributed by atoms with E-state index in [0.717, 1.165) is 12.0 Å². The molecular formula is C13H15FN2O. The van der Waals surface area contributed by atoms with Crippen LogP contribution in [0, 0.1) is 5.82 Å². The fourth-order valence-electron chi connectivity index (χ4n) is 2.06. The molecule has 1 aliphatic rings. The van der Waals surface area contributed by atoms with Crippen LogP contribution < -0.4 is 10.6 Å². The van der Waals surface area contributed by atoms with E-state index in [2.05, 4.69) is 6.58 Å². The van der Waals surface area contributed by atoms with Crippen LogP contribution in [0.2, 0.25) is 0 Å². The fraction of sp³-hybridized carbons (Fsp3) is 0.308. The summed E-state index contributed by atoms with van der Waals surface area (Å²) >= 11 is 0. The van der Waals surface area contributed by atoms with Crippen LogP contribution in [-0.2, 0) is 11.2 Å². The van der Waals surface area contributed by atoms with E-state index in [1.54, 1.807) is 17.0 Å². The normalized spacial score (nSPS) is 15.5. The minimum Gasteiger partial charge on any atom is -0.320 e. The van der Waals surface area contributed by atoms with Crippen LogP contribution in [0.15, 0.2) is 30.9 Å². The van der Waals surface area contributed by atoms with Crippen LogP contribution in [0.3, 0.4) is 0 Å². The molecule has 17 heavy (non-hydrogen) atoms. The van der Waals surface area contributed by atoms with Gasteiger partial charge in [0.1, 0.15) is 5.82 Å². The second kappa shape index (κ2) is 4.67. The van der Waals surface area contributed by atoms with Crippen LogP contribution in [0.25, 0.3) is 0 Å². The van der Waals surface area contributed by atoms with Gasteiger partial charge in [0.2, 0.25) is 5.91 Å². The predicted octanol–water partition coefficient (Wildman–Crippen LogP) is 1.62. The van der Waals surface area contributed by atoms with E-state index < -0.39 is 6.04 Å².